The molecular formula is C30H34FN3O3S. The normalized spacial score (nSPS) is 12.1. The number of nitrogens with zero attached hydrogens (tertiary/aromatic N) is 2. The minimum absolute atomic E-state index is 0.0734. The Morgan fingerprint density at radius 1 is 1.05 bits per heavy atom. The second-order valence-corrected chi connectivity index (χ2v) is 12.8. The molecule has 1 amide bonds. The van der Waals surface area contributed by atoms with Crippen molar-refractivity contribution in [2.45, 2.75) is 62.8 Å². The molecule has 0 aliphatic carbocycles. The first kappa shape index (κ1) is 27.7. The van der Waals surface area contributed by atoms with E-state index in [1.165, 1.54) is 24.3 Å². The number of ether oxygens (including phenoxy) is 1. The Balaban J connectivity index is 1.69. The molecule has 4 rings (SSSR count). The fourth-order valence-electron chi connectivity index (χ4n) is 4.18. The quantitative estimate of drug-likeness (QED) is 0.241. The molecule has 2 aromatic carbocycles. The highest BCUT2D eigenvalue weighted by Crippen LogP contribution is 2.43. The highest BCUT2D eigenvalue weighted by molar-refractivity contribution is 8.00. The van der Waals surface area contributed by atoms with Gasteiger partial charge in [-0.3, -0.25) is 9.78 Å². The number of anilines is 1. The molecule has 0 unspecified atom stereocenters. The maximum Gasteiger partial charge on any atom is 0.262 e. The van der Waals surface area contributed by atoms with Gasteiger partial charge in [0.25, 0.3) is 5.91 Å². The Morgan fingerprint density at radius 2 is 1.74 bits per heavy atom. The molecule has 0 saturated carbocycles. The summed E-state index contributed by atoms with van der Waals surface area (Å²) < 4.78 is 21.2. The molecule has 0 saturated heterocycles. The number of benzene rings is 2. The van der Waals surface area contributed by atoms with E-state index < -0.39 is 5.60 Å². The molecule has 0 spiro atoms. The highest BCUT2D eigenvalue weighted by atomic mass is 32.2. The number of fused-ring (bicyclic) bond motifs is 1. The van der Waals surface area contributed by atoms with Gasteiger partial charge in [-0.15, -0.1) is 11.8 Å². The zero-order valence-electron chi connectivity index (χ0n) is 22.4. The van der Waals surface area contributed by atoms with Gasteiger partial charge in [0.15, 0.2) is 6.61 Å². The molecule has 2 heterocycles. The Hall–Kier alpha value is -3.36. The molecule has 0 radical (unpaired) electrons. The lowest BCUT2D eigenvalue weighted by atomic mass is 10.0. The number of amides is 1. The molecule has 2 N–H and O–H groups in total. The summed E-state index contributed by atoms with van der Waals surface area (Å²) in [7, 11) is 0. The molecule has 0 aliphatic heterocycles. The monoisotopic (exact) mass is 535 g/mol. The maximum atomic E-state index is 13.1. The van der Waals surface area contributed by atoms with E-state index in [4.69, 9.17) is 4.74 Å². The molecule has 38 heavy (non-hydrogen) atoms. The highest BCUT2D eigenvalue weighted by Gasteiger charge is 2.27. The molecule has 0 atom stereocenters. The van der Waals surface area contributed by atoms with E-state index in [1.807, 2.05) is 44.2 Å². The van der Waals surface area contributed by atoms with Gasteiger partial charge >= 0.3 is 0 Å². The van der Waals surface area contributed by atoms with Crippen molar-refractivity contribution < 1.29 is 19.0 Å². The molecule has 200 valence electrons. The number of thioether (sulfide) groups is 1. The van der Waals surface area contributed by atoms with E-state index in [1.54, 1.807) is 24.2 Å². The van der Waals surface area contributed by atoms with E-state index in [-0.39, 0.29) is 23.1 Å². The van der Waals surface area contributed by atoms with Gasteiger partial charge in [-0.05, 0) is 74.0 Å². The van der Waals surface area contributed by atoms with Gasteiger partial charge in [0, 0.05) is 57.3 Å². The lowest BCUT2D eigenvalue weighted by Crippen LogP contribution is -2.24. The lowest BCUT2D eigenvalue weighted by molar-refractivity contribution is -0.118. The summed E-state index contributed by atoms with van der Waals surface area (Å²) in [5.74, 6) is -0.131. The summed E-state index contributed by atoms with van der Waals surface area (Å²) in [5.41, 5.74) is 2.78. The molecule has 0 bridgehead atoms. The Morgan fingerprint density at radius 3 is 2.37 bits per heavy atom. The maximum absolute atomic E-state index is 13.1. The summed E-state index contributed by atoms with van der Waals surface area (Å²) in [6.07, 6.45) is 4.04. The van der Waals surface area contributed by atoms with Gasteiger partial charge in [-0.1, -0.05) is 20.8 Å². The van der Waals surface area contributed by atoms with Crippen LogP contribution in [0.1, 0.15) is 45.9 Å². The molecule has 6 nitrogen and oxygen atoms in total. The number of carbonyl (C=O) groups excluding carboxylic acids is 1. The smallest absolute Gasteiger partial charge is 0.262 e. The number of pyridine rings is 1. The third-order valence-corrected chi connectivity index (χ3v) is 6.96. The number of halogens is 1. The van der Waals surface area contributed by atoms with Crippen molar-refractivity contribution in [1.82, 2.24) is 9.55 Å². The van der Waals surface area contributed by atoms with Crippen LogP contribution in [-0.4, -0.2) is 37.5 Å². The zero-order valence-corrected chi connectivity index (χ0v) is 23.2. The van der Waals surface area contributed by atoms with Gasteiger partial charge in [0.2, 0.25) is 0 Å². The van der Waals surface area contributed by atoms with E-state index in [2.05, 4.69) is 35.6 Å². The first-order chi connectivity index (χ1) is 17.9. The zero-order chi connectivity index (χ0) is 27.5. The average Bonchev–Trinajstić information content (AvgIpc) is 3.09. The van der Waals surface area contributed by atoms with Gasteiger partial charge in [0.1, 0.15) is 11.6 Å². The summed E-state index contributed by atoms with van der Waals surface area (Å²) >= 11 is 1.76. The molecule has 4 aromatic rings. The van der Waals surface area contributed by atoms with E-state index in [0.717, 1.165) is 27.1 Å². The molecular weight excluding hydrogens is 501 g/mol. The molecule has 0 fully saturated rings. The van der Waals surface area contributed by atoms with Crippen LogP contribution < -0.4 is 10.1 Å². The van der Waals surface area contributed by atoms with Crippen molar-refractivity contribution >= 4 is 34.3 Å². The fraction of sp³-hybridized carbons (Fsp3) is 0.333. The number of carbonyl (C=O) groups is 1. The fourth-order valence-corrected chi connectivity index (χ4v) is 5.37. The number of hydrogen-bond acceptors (Lipinski definition) is 5. The first-order valence-electron chi connectivity index (χ1n) is 12.5. The van der Waals surface area contributed by atoms with Crippen LogP contribution in [0.2, 0.25) is 0 Å². The summed E-state index contributed by atoms with van der Waals surface area (Å²) in [5, 5.41) is 14.5. The predicted octanol–water partition coefficient (Wildman–Crippen LogP) is 6.45. The van der Waals surface area contributed by atoms with Crippen LogP contribution in [0.15, 0.2) is 71.9 Å². The van der Waals surface area contributed by atoms with Gasteiger partial charge < -0.3 is 19.7 Å². The number of aliphatic hydroxyl groups is 1. The lowest BCUT2D eigenvalue weighted by Gasteiger charge is -2.23. The number of aromatic nitrogens is 2. The van der Waals surface area contributed by atoms with Gasteiger partial charge in [-0.2, -0.15) is 0 Å². The van der Waals surface area contributed by atoms with Crippen molar-refractivity contribution in [2.75, 3.05) is 11.9 Å². The van der Waals surface area contributed by atoms with E-state index in [9.17, 15) is 14.3 Å². The number of nitrogens with one attached hydrogen (secondary N) is 1. The minimum atomic E-state index is -0.907. The third-order valence-electron chi connectivity index (χ3n) is 5.69. The Kier molecular flexibility index (Phi) is 8.13. The predicted molar refractivity (Wildman–Crippen MR) is 151 cm³/mol. The molecule has 0 aliphatic rings. The third kappa shape index (κ3) is 7.36. The standard InChI is InChI=1S/C30H34FN3O3S/c1-29(2,3)38-28-24-16-23(37-19-27(35)33-22-8-6-21(31)7-9-22)10-11-25(24)34(26(28)17-30(4,5)36)18-20-12-14-32-15-13-20/h6-16,36H,17-19H2,1-5H3,(H,33,35). The molecule has 8 heteroatoms. The summed E-state index contributed by atoms with van der Waals surface area (Å²) in [6, 6.07) is 15.4. The summed E-state index contributed by atoms with van der Waals surface area (Å²) in [6.45, 7) is 10.6. The van der Waals surface area contributed by atoms with Crippen LogP contribution in [0.25, 0.3) is 10.9 Å². The van der Waals surface area contributed by atoms with Crippen LogP contribution >= 0.6 is 11.8 Å². The van der Waals surface area contributed by atoms with E-state index >= 15 is 0 Å². The van der Waals surface area contributed by atoms with Crippen molar-refractivity contribution in [3.63, 3.8) is 0 Å². The second kappa shape index (κ2) is 11.2. The van der Waals surface area contributed by atoms with Crippen LogP contribution in [-0.2, 0) is 17.8 Å². The van der Waals surface area contributed by atoms with Crippen LogP contribution in [0, 0.1) is 5.82 Å². The molecule has 2 aromatic heterocycles. The topological polar surface area (TPSA) is 76.4 Å². The minimum Gasteiger partial charge on any atom is -0.484 e. The first-order valence-corrected chi connectivity index (χ1v) is 13.3. The van der Waals surface area contributed by atoms with Gasteiger partial charge in [-0.25, -0.2) is 4.39 Å². The van der Waals surface area contributed by atoms with Crippen molar-refractivity contribution in [3.05, 3.63) is 84.1 Å². The van der Waals surface area contributed by atoms with Crippen molar-refractivity contribution in [1.29, 1.82) is 0 Å². The van der Waals surface area contributed by atoms with Crippen LogP contribution in [0.5, 0.6) is 5.75 Å². The Labute approximate surface area is 227 Å². The van der Waals surface area contributed by atoms with Gasteiger partial charge in [0.05, 0.1) is 5.60 Å². The largest absolute Gasteiger partial charge is 0.484 e. The van der Waals surface area contributed by atoms with E-state index in [0.29, 0.717) is 24.4 Å². The number of hydrogen-bond donors (Lipinski definition) is 2. The van der Waals surface area contributed by atoms with Crippen LogP contribution in [0.4, 0.5) is 10.1 Å². The number of rotatable bonds is 9. The Bertz CT molecular complexity index is 1410. The average molecular weight is 536 g/mol. The van der Waals surface area contributed by atoms with Crippen molar-refractivity contribution in [3.8, 4) is 5.75 Å². The van der Waals surface area contributed by atoms with Crippen molar-refractivity contribution in [2.24, 2.45) is 0 Å². The second-order valence-electron chi connectivity index (χ2n) is 10.9. The van der Waals surface area contributed by atoms with Crippen LogP contribution in [0.3, 0.4) is 0 Å². The SMILES string of the molecule is CC(C)(O)Cc1c(SC(C)(C)C)c2cc(OCC(=O)Nc3ccc(F)cc3)ccc2n1Cc1ccncc1. The summed E-state index contributed by atoms with van der Waals surface area (Å²) in [4.78, 5) is 17.7.